The highest BCUT2D eigenvalue weighted by atomic mass is 16.5. The lowest BCUT2D eigenvalue weighted by molar-refractivity contribution is 0.102. The molecular weight excluding hydrogens is 298 g/mol. The van der Waals surface area contributed by atoms with Crippen LogP contribution in [0.15, 0.2) is 43.0 Å². The molecule has 9 heteroatoms. The van der Waals surface area contributed by atoms with Crippen LogP contribution in [-0.2, 0) is 0 Å². The molecule has 3 aromatic rings. The van der Waals surface area contributed by atoms with E-state index >= 15 is 0 Å². The van der Waals surface area contributed by atoms with Crippen molar-refractivity contribution in [2.75, 3.05) is 11.9 Å². The van der Waals surface area contributed by atoms with E-state index < -0.39 is 0 Å². The molecule has 1 N–H and O–H groups in total. The lowest BCUT2D eigenvalue weighted by Crippen LogP contribution is -2.13. The van der Waals surface area contributed by atoms with Crippen LogP contribution >= 0.6 is 0 Å². The molecular formula is C14H13N7O2. The molecule has 2 aromatic heterocycles. The number of carbonyl (C=O) groups excluding carboxylic acids is 1. The molecule has 116 valence electrons. The number of benzene rings is 1. The molecule has 1 amide bonds. The van der Waals surface area contributed by atoms with Crippen LogP contribution in [0.25, 0.3) is 5.69 Å². The van der Waals surface area contributed by atoms with E-state index in [1.54, 1.807) is 24.3 Å². The molecule has 2 heterocycles. The highest BCUT2D eigenvalue weighted by molar-refractivity contribution is 6.04. The second-order valence-corrected chi connectivity index (χ2v) is 4.45. The summed E-state index contributed by atoms with van der Waals surface area (Å²) < 4.78 is 6.62. The largest absolute Gasteiger partial charge is 0.464 e. The second-order valence-electron chi connectivity index (χ2n) is 4.45. The fourth-order valence-electron chi connectivity index (χ4n) is 1.86. The molecule has 0 radical (unpaired) electrons. The number of carbonyl (C=O) groups is 1. The number of amides is 1. The highest BCUT2D eigenvalue weighted by Gasteiger charge is 2.09. The average molecular weight is 311 g/mol. The van der Waals surface area contributed by atoms with E-state index in [0.29, 0.717) is 23.5 Å². The Morgan fingerprint density at radius 1 is 1.30 bits per heavy atom. The van der Waals surface area contributed by atoms with Gasteiger partial charge in [-0.3, -0.25) is 4.79 Å². The van der Waals surface area contributed by atoms with Crippen molar-refractivity contribution in [1.82, 2.24) is 30.2 Å². The van der Waals surface area contributed by atoms with E-state index in [0.717, 1.165) is 0 Å². The first kappa shape index (κ1) is 14.6. The summed E-state index contributed by atoms with van der Waals surface area (Å²) in [4.78, 5) is 20.3. The Labute approximate surface area is 131 Å². The fraction of sp³-hybridized carbons (Fsp3) is 0.143. The quantitative estimate of drug-likeness (QED) is 0.751. The third kappa shape index (κ3) is 3.46. The topological polar surface area (TPSA) is 108 Å². The van der Waals surface area contributed by atoms with Crippen molar-refractivity contribution in [3.05, 3.63) is 48.5 Å². The van der Waals surface area contributed by atoms with Gasteiger partial charge in [-0.15, -0.1) is 5.10 Å². The van der Waals surface area contributed by atoms with Crippen molar-refractivity contribution in [3.8, 4) is 11.7 Å². The molecule has 1 aromatic carbocycles. The van der Waals surface area contributed by atoms with E-state index in [-0.39, 0.29) is 11.9 Å². The molecule has 0 atom stereocenters. The van der Waals surface area contributed by atoms with Crippen LogP contribution in [0.3, 0.4) is 0 Å². The van der Waals surface area contributed by atoms with Gasteiger partial charge in [-0.25, -0.2) is 14.6 Å². The number of nitrogens with zero attached hydrogens (tertiary/aromatic N) is 6. The van der Waals surface area contributed by atoms with Crippen molar-refractivity contribution >= 4 is 11.6 Å². The van der Waals surface area contributed by atoms with Crippen molar-refractivity contribution in [2.45, 2.75) is 6.92 Å². The number of rotatable bonds is 5. The van der Waals surface area contributed by atoms with Crippen molar-refractivity contribution in [2.24, 2.45) is 0 Å². The first-order valence-electron chi connectivity index (χ1n) is 6.86. The zero-order valence-corrected chi connectivity index (χ0v) is 12.2. The number of hydrogen-bond acceptors (Lipinski definition) is 7. The number of anilines is 1. The minimum Gasteiger partial charge on any atom is -0.464 e. The lowest BCUT2D eigenvalue weighted by atomic mass is 10.2. The molecule has 0 bridgehead atoms. The SMILES string of the molecule is CCOc1ncc(NC(=O)c2cccc(-n3cnnn3)c2)cn1. The van der Waals surface area contributed by atoms with Gasteiger partial charge in [0.15, 0.2) is 0 Å². The van der Waals surface area contributed by atoms with Crippen molar-refractivity contribution < 1.29 is 9.53 Å². The third-order valence-corrected chi connectivity index (χ3v) is 2.88. The zero-order chi connectivity index (χ0) is 16.1. The summed E-state index contributed by atoms with van der Waals surface area (Å²) in [6.07, 6.45) is 4.43. The lowest BCUT2D eigenvalue weighted by Gasteiger charge is -2.07. The van der Waals surface area contributed by atoms with Gasteiger partial charge in [0.1, 0.15) is 6.33 Å². The Morgan fingerprint density at radius 3 is 2.83 bits per heavy atom. The van der Waals surface area contributed by atoms with Gasteiger partial charge in [0.2, 0.25) is 0 Å². The summed E-state index contributed by atoms with van der Waals surface area (Å²) in [7, 11) is 0. The molecule has 9 nitrogen and oxygen atoms in total. The van der Waals surface area contributed by atoms with Gasteiger partial charge >= 0.3 is 6.01 Å². The predicted molar refractivity (Wildman–Crippen MR) is 80.3 cm³/mol. The number of aromatic nitrogens is 6. The fourth-order valence-corrected chi connectivity index (χ4v) is 1.86. The normalized spacial score (nSPS) is 10.3. The molecule has 0 fully saturated rings. The minimum atomic E-state index is -0.285. The van der Waals surface area contributed by atoms with E-state index in [9.17, 15) is 4.79 Å². The number of hydrogen-bond donors (Lipinski definition) is 1. The van der Waals surface area contributed by atoms with Gasteiger partial charge in [-0.1, -0.05) is 6.07 Å². The van der Waals surface area contributed by atoms with Crippen LogP contribution in [0, 0.1) is 0 Å². The monoisotopic (exact) mass is 311 g/mol. The highest BCUT2D eigenvalue weighted by Crippen LogP contribution is 2.12. The van der Waals surface area contributed by atoms with Gasteiger partial charge in [0.05, 0.1) is 30.4 Å². The van der Waals surface area contributed by atoms with Gasteiger partial charge in [0.25, 0.3) is 5.91 Å². The smallest absolute Gasteiger partial charge is 0.316 e. The van der Waals surface area contributed by atoms with Gasteiger partial charge in [0, 0.05) is 5.56 Å². The summed E-state index contributed by atoms with van der Waals surface area (Å²) >= 11 is 0. The maximum Gasteiger partial charge on any atom is 0.316 e. The van der Waals surface area contributed by atoms with Gasteiger partial charge < -0.3 is 10.1 Å². The maximum absolute atomic E-state index is 12.3. The van der Waals surface area contributed by atoms with Gasteiger partial charge in [-0.2, -0.15) is 0 Å². The predicted octanol–water partition coefficient (Wildman–Crippen LogP) is 1.10. The van der Waals surface area contributed by atoms with Crippen LogP contribution in [0.5, 0.6) is 6.01 Å². The molecule has 0 saturated carbocycles. The number of tetrazole rings is 1. The van der Waals surface area contributed by atoms with Crippen LogP contribution in [-0.4, -0.2) is 42.7 Å². The summed E-state index contributed by atoms with van der Waals surface area (Å²) in [5, 5.41) is 13.6. The Kier molecular flexibility index (Phi) is 4.18. The first-order valence-corrected chi connectivity index (χ1v) is 6.86. The summed E-state index contributed by atoms with van der Waals surface area (Å²) in [6.45, 7) is 2.33. The third-order valence-electron chi connectivity index (χ3n) is 2.88. The Hall–Kier alpha value is -3.36. The molecule has 0 aliphatic rings. The Bertz CT molecular complexity index is 787. The van der Waals surface area contributed by atoms with E-state index in [4.69, 9.17) is 4.74 Å². The van der Waals surface area contributed by atoms with Crippen LogP contribution in [0.4, 0.5) is 5.69 Å². The van der Waals surface area contributed by atoms with Crippen molar-refractivity contribution in [3.63, 3.8) is 0 Å². The maximum atomic E-state index is 12.3. The van der Waals surface area contributed by atoms with Crippen molar-refractivity contribution in [1.29, 1.82) is 0 Å². The van der Waals surface area contributed by atoms with Crippen LogP contribution in [0.2, 0.25) is 0 Å². The number of nitrogens with one attached hydrogen (secondary N) is 1. The number of ether oxygens (including phenoxy) is 1. The standard InChI is InChI=1S/C14H13N7O2/c1-2-23-14-15-7-11(8-16-14)18-13(22)10-4-3-5-12(6-10)21-9-17-19-20-21/h3-9H,2H2,1H3,(H,18,22). The molecule has 0 saturated heterocycles. The van der Waals surface area contributed by atoms with Crippen LogP contribution in [0.1, 0.15) is 17.3 Å². The summed E-state index contributed by atoms with van der Waals surface area (Å²) in [6, 6.07) is 7.19. The second kappa shape index (κ2) is 6.60. The van der Waals surface area contributed by atoms with E-state index in [1.165, 1.54) is 23.4 Å². The van der Waals surface area contributed by atoms with E-state index in [1.807, 2.05) is 6.92 Å². The summed E-state index contributed by atoms with van der Waals surface area (Å²) in [5.41, 5.74) is 1.63. The Morgan fingerprint density at radius 2 is 2.13 bits per heavy atom. The molecule has 23 heavy (non-hydrogen) atoms. The molecule has 0 aliphatic carbocycles. The molecule has 3 rings (SSSR count). The molecule has 0 aliphatic heterocycles. The minimum absolute atomic E-state index is 0.270. The molecule has 0 spiro atoms. The zero-order valence-electron chi connectivity index (χ0n) is 12.2. The Balaban J connectivity index is 1.74. The first-order chi connectivity index (χ1) is 11.3. The summed E-state index contributed by atoms with van der Waals surface area (Å²) in [5.74, 6) is -0.285. The van der Waals surface area contributed by atoms with E-state index in [2.05, 4.69) is 30.8 Å². The van der Waals surface area contributed by atoms with Gasteiger partial charge in [-0.05, 0) is 35.5 Å². The van der Waals surface area contributed by atoms with Crippen LogP contribution < -0.4 is 10.1 Å². The average Bonchev–Trinajstić information content (AvgIpc) is 3.12. The molecule has 0 unspecified atom stereocenters.